The normalized spacial score (nSPS) is 15.1. The van der Waals surface area contributed by atoms with E-state index >= 15 is 0 Å². The first-order valence-electron chi connectivity index (χ1n) is 10.4. The van der Waals surface area contributed by atoms with Gasteiger partial charge in [-0.25, -0.2) is 9.78 Å². The highest BCUT2D eigenvalue weighted by atomic mass is 32.1. The Kier molecular flexibility index (Phi) is 5.91. The van der Waals surface area contributed by atoms with E-state index in [0.717, 1.165) is 28.8 Å². The molecular formula is C23H26N4O3S. The number of nitrogens with zero attached hydrogens (tertiary/aromatic N) is 3. The highest BCUT2D eigenvalue weighted by Crippen LogP contribution is 2.31. The number of nitrogens with one attached hydrogen (secondary N) is 1. The lowest BCUT2D eigenvalue weighted by molar-refractivity contribution is 0.0205. The molecule has 1 aromatic carbocycles. The number of likely N-dealkylation sites (tertiary alicyclic amines) is 1. The SMILES string of the molecule is CC(C)(C)OC(=O)N1CCC(c2nc(C(=O)Nc3cccc4cccnc34)cs2)CC1. The maximum atomic E-state index is 12.8. The van der Waals surface area contributed by atoms with Gasteiger partial charge in [-0.2, -0.15) is 0 Å². The zero-order valence-electron chi connectivity index (χ0n) is 17.9. The van der Waals surface area contributed by atoms with Gasteiger partial charge in [0, 0.05) is 36.0 Å². The third kappa shape index (κ3) is 5.02. The van der Waals surface area contributed by atoms with E-state index in [4.69, 9.17) is 4.74 Å². The summed E-state index contributed by atoms with van der Waals surface area (Å²) in [4.78, 5) is 35.7. The number of rotatable bonds is 3. The van der Waals surface area contributed by atoms with Gasteiger partial charge in [0.1, 0.15) is 11.3 Å². The molecule has 1 aliphatic heterocycles. The number of piperidine rings is 1. The van der Waals surface area contributed by atoms with Crippen LogP contribution in [0.2, 0.25) is 0 Å². The molecule has 3 heterocycles. The maximum Gasteiger partial charge on any atom is 0.410 e. The van der Waals surface area contributed by atoms with Crippen molar-refractivity contribution in [3.63, 3.8) is 0 Å². The zero-order valence-corrected chi connectivity index (χ0v) is 18.7. The number of benzene rings is 1. The van der Waals surface area contributed by atoms with Crippen LogP contribution in [0.4, 0.5) is 10.5 Å². The molecule has 0 aliphatic carbocycles. The molecule has 0 spiro atoms. The van der Waals surface area contributed by atoms with Crippen molar-refractivity contribution in [3.05, 3.63) is 52.6 Å². The van der Waals surface area contributed by atoms with E-state index in [-0.39, 0.29) is 17.9 Å². The number of carbonyl (C=O) groups excluding carboxylic acids is 2. The minimum atomic E-state index is -0.495. The lowest BCUT2D eigenvalue weighted by atomic mass is 9.98. The van der Waals surface area contributed by atoms with E-state index in [1.807, 2.05) is 51.1 Å². The number of amides is 2. The van der Waals surface area contributed by atoms with E-state index < -0.39 is 5.60 Å². The smallest absolute Gasteiger partial charge is 0.410 e. The Morgan fingerprint density at radius 3 is 2.65 bits per heavy atom. The zero-order chi connectivity index (χ0) is 22.0. The van der Waals surface area contributed by atoms with Crippen LogP contribution in [0, 0.1) is 0 Å². The van der Waals surface area contributed by atoms with Gasteiger partial charge in [0.25, 0.3) is 5.91 Å². The van der Waals surface area contributed by atoms with Gasteiger partial charge < -0.3 is 15.0 Å². The highest BCUT2D eigenvalue weighted by Gasteiger charge is 2.29. The van der Waals surface area contributed by atoms with Crippen LogP contribution >= 0.6 is 11.3 Å². The fraction of sp³-hybridized carbons (Fsp3) is 0.391. The molecule has 0 saturated carbocycles. The molecule has 1 saturated heterocycles. The molecular weight excluding hydrogens is 412 g/mol. The Morgan fingerprint density at radius 1 is 1.16 bits per heavy atom. The first-order chi connectivity index (χ1) is 14.8. The summed E-state index contributed by atoms with van der Waals surface area (Å²) in [7, 11) is 0. The Hall–Kier alpha value is -3.00. The third-order valence-electron chi connectivity index (χ3n) is 5.13. The van der Waals surface area contributed by atoms with Crippen LogP contribution in [0.25, 0.3) is 10.9 Å². The number of para-hydroxylation sites is 1. The number of anilines is 1. The molecule has 31 heavy (non-hydrogen) atoms. The molecule has 7 nitrogen and oxygen atoms in total. The average Bonchev–Trinajstić information content (AvgIpc) is 3.23. The molecule has 0 bridgehead atoms. The monoisotopic (exact) mass is 438 g/mol. The number of hydrogen-bond donors (Lipinski definition) is 1. The summed E-state index contributed by atoms with van der Waals surface area (Å²) in [6.45, 7) is 6.86. The summed E-state index contributed by atoms with van der Waals surface area (Å²) >= 11 is 1.50. The number of thiazole rings is 1. The first kappa shape index (κ1) is 21.2. The fourth-order valence-corrected chi connectivity index (χ4v) is 4.58. The summed E-state index contributed by atoms with van der Waals surface area (Å²) < 4.78 is 5.46. The van der Waals surface area contributed by atoms with Crippen molar-refractivity contribution in [2.24, 2.45) is 0 Å². The number of pyridine rings is 1. The van der Waals surface area contributed by atoms with Crippen molar-refractivity contribution in [3.8, 4) is 0 Å². The van der Waals surface area contributed by atoms with Crippen molar-refractivity contribution in [1.82, 2.24) is 14.9 Å². The summed E-state index contributed by atoms with van der Waals surface area (Å²) in [6, 6.07) is 9.53. The Labute approximate surface area is 185 Å². The second-order valence-electron chi connectivity index (χ2n) is 8.65. The number of fused-ring (bicyclic) bond motifs is 1. The van der Waals surface area contributed by atoms with E-state index in [0.29, 0.717) is 24.5 Å². The molecule has 0 atom stereocenters. The molecule has 1 N–H and O–H groups in total. The van der Waals surface area contributed by atoms with Crippen molar-refractivity contribution in [1.29, 1.82) is 0 Å². The summed E-state index contributed by atoms with van der Waals surface area (Å²) in [5.74, 6) is -0.00342. The molecule has 0 unspecified atom stereocenters. The number of carbonyl (C=O) groups is 2. The van der Waals surface area contributed by atoms with Crippen LogP contribution in [-0.4, -0.2) is 45.6 Å². The Morgan fingerprint density at radius 2 is 1.90 bits per heavy atom. The molecule has 1 fully saturated rings. The summed E-state index contributed by atoms with van der Waals surface area (Å²) in [5.41, 5.74) is 1.33. The lowest BCUT2D eigenvalue weighted by Gasteiger charge is -2.32. The molecule has 2 amide bonds. The molecule has 8 heteroatoms. The van der Waals surface area contributed by atoms with Gasteiger partial charge >= 0.3 is 6.09 Å². The number of ether oxygens (including phenoxy) is 1. The van der Waals surface area contributed by atoms with Crippen molar-refractivity contribution >= 4 is 39.9 Å². The van der Waals surface area contributed by atoms with Crippen LogP contribution in [-0.2, 0) is 4.74 Å². The van der Waals surface area contributed by atoms with Gasteiger partial charge in [0.05, 0.1) is 16.2 Å². The van der Waals surface area contributed by atoms with Crippen molar-refractivity contribution in [2.75, 3.05) is 18.4 Å². The minimum absolute atomic E-state index is 0.240. The molecule has 3 aromatic rings. The summed E-state index contributed by atoms with van der Waals surface area (Å²) in [5, 5.41) is 6.63. The molecule has 162 valence electrons. The second kappa shape index (κ2) is 8.63. The molecule has 2 aromatic heterocycles. The maximum absolute atomic E-state index is 12.8. The van der Waals surface area contributed by atoms with Crippen LogP contribution in [0.5, 0.6) is 0 Å². The largest absolute Gasteiger partial charge is 0.444 e. The van der Waals surface area contributed by atoms with Gasteiger partial charge in [-0.15, -0.1) is 11.3 Å². The molecule has 1 aliphatic rings. The van der Waals surface area contributed by atoms with Gasteiger partial charge in [-0.05, 0) is 45.7 Å². The van der Waals surface area contributed by atoms with Crippen LogP contribution in [0.1, 0.15) is 55.0 Å². The van der Waals surface area contributed by atoms with Gasteiger partial charge in [-0.3, -0.25) is 9.78 Å². The topological polar surface area (TPSA) is 84.4 Å². The number of hydrogen-bond acceptors (Lipinski definition) is 6. The van der Waals surface area contributed by atoms with Gasteiger partial charge in [0.2, 0.25) is 0 Å². The second-order valence-corrected chi connectivity index (χ2v) is 9.54. The average molecular weight is 439 g/mol. The quantitative estimate of drug-likeness (QED) is 0.618. The highest BCUT2D eigenvalue weighted by molar-refractivity contribution is 7.10. The fourth-order valence-electron chi connectivity index (χ4n) is 3.61. The first-order valence-corrected chi connectivity index (χ1v) is 11.3. The van der Waals surface area contributed by atoms with Gasteiger partial charge in [-0.1, -0.05) is 18.2 Å². The molecule has 0 radical (unpaired) electrons. The summed E-state index contributed by atoms with van der Waals surface area (Å²) in [6.07, 6.45) is 3.05. The molecule has 4 rings (SSSR count). The van der Waals surface area contributed by atoms with E-state index in [1.165, 1.54) is 11.3 Å². The van der Waals surface area contributed by atoms with Crippen LogP contribution in [0.15, 0.2) is 41.9 Å². The third-order valence-corrected chi connectivity index (χ3v) is 6.14. The Bertz CT molecular complexity index is 1090. The van der Waals surface area contributed by atoms with Crippen LogP contribution < -0.4 is 5.32 Å². The number of aromatic nitrogens is 2. The standard InChI is InChI=1S/C23H26N4O3S/c1-23(2,3)30-22(29)27-12-9-16(10-13-27)21-26-18(14-31-21)20(28)25-17-8-4-6-15-7-5-11-24-19(15)17/h4-8,11,14,16H,9-10,12-13H2,1-3H3,(H,25,28). The van der Waals surface area contributed by atoms with Crippen molar-refractivity contribution < 1.29 is 14.3 Å². The van der Waals surface area contributed by atoms with Crippen LogP contribution in [0.3, 0.4) is 0 Å². The predicted molar refractivity (Wildman–Crippen MR) is 122 cm³/mol. The van der Waals surface area contributed by atoms with Gasteiger partial charge in [0.15, 0.2) is 0 Å². The van der Waals surface area contributed by atoms with E-state index in [2.05, 4.69) is 15.3 Å². The predicted octanol–water partition coefficient (Wildman–Crippen LogP) is 5.06. The Balaban J connectivity index is 1.38. The lowest BCUT2D eigenvalue weighted by Crippen LogP contribution is -2.41. The minimum Gasteiger partial charge on any atom is -0.444 e. The van der Waals surface area contributed by atoms with Crippen molar-refractivity contribution in [2.45, 2.75) is 45.1 Å². The van der Waals surface area contributed by atoms with E-state index in [1.54, 1.807) is 16.5 Å². The van der Waals surface area contributed by atoms with E-state index in [9.17, 15) is 9.59 Å².